The second-order valence-corrected chi connectivity index (χ2v) is 4.59. The van der Waals surface area contributed by atoms with E-state index in [0.29, 0.717) is 0 Å². The van der Waals surface area contributed by atoms with Crippen molar-refractivity contribution in [2.75, 3.05) is 26.7 Å². The van der Waals surface area contributed by atoms with Crippen molar-refractivity contribution in [2.24, 2.45) is 0 Å². The van der Waals surface area contributed by atoms with E-state index in [2.05, 4.69) is 36.1 Å². The number of hydrogen-bond acceptors (Lipinski definition) is 2. The van der Waals surface area contributed by atoms with Crippen molar-refractivity contribution in [1.82, 2.24) is 9.80 Å². The second-order valence-electron chi connectivity index (χ2n) is 4.59. The van der Waals surface area contributed by atoms with Crippen molar-refractivity contribution in [3.8, 4) is 0 Å². The summed E-state index contributed by atoms with van der Waals surface area (Å²) < 4.78 is 0. The summed E-state index contributed by atoms with van der Waals surface area (Å²) in [6, 6.07) is 1.54. The summed E-state index contributed by atoms with van der Waals surface area (Å²) in [6.07, 6.45) is 7.19. The summed E-state index contributed by atoms with van der Waals surface area (Å²) in [5.41, 5.74) is 1.28. The molecule has 0 amide bonds. The van der Waals surface area contributed by atoms with E-state index in [9.17, 15) is 0 Å². The lowest BCUT2D eigenvalue weighted by atomic mass is 10.2. The summed E-state index contributed by atoms with van der Waals surface area (Å²) in [4.78, 5) is 5.05. The summed E-state index contributed by atoms with van der Waals surface area (Å²) in [5.74, 6) is 0. The minimum Gasteiger partial charge on any atom is -0.301 e. The van der Waals surface area contributed by atoms with Crippen LogP contribution in [0.15, 0.2) is 37.0 Å². The van der Waals surface area contributed by atoms with Crippen molar-refractivity contribution in [1.29, 1.82) is 0 Å². The van der Waals surface area contributed by atoms with Gasteiger partial charge in [0.1, 0.15) is 0 Å². The van der Waals surface area contributed by atoms with E-state index in [4.69, 9.17) is 0 Å². The van der Waals surface area contributed by atoms with Gasteiger partial charge in [0.05, 0.1) is 0 Å². The molecule has 0 N–H and O–H groups in total. The lowest BCUT2D eigenvalue weighted by Gasteiger charge is -2.32. The maximum atomic E-state index is 3.85. The molecule has 0 spiro atoms. The fourth-order valence-corrected chi connectivity index (χ4v) is 2.71. The third-order valence-electron chi connectivity index (χ3n) is 3.61. The monoisotopic (exact) mass is 204 g/mol. The van der Waals surface area contributed by atoms with Crippen LogP contribution in [0.3, 0.4) is 0 Å². The van der Waals surface area contributed by atoms with E-state index in [-0.39, 0.29) is 0 Å². The van der Waals surface area contributed by atoms with Crippen LogP contribution in [0.5, 0.6) is 0 Å². The van der Waals surface area contributed by atoms with Crippen molar-refractivity contribution >= 4 is 0 Å². The van der Waals surface area contributed by atoms with Gasteiger partial charge in [0, 0.05) is 31.7 Å². The molecular formula is C13H20N2. The van der Waals surface area contributed by atoms with Gasteiger partial charge in [0.15, 0.2) is 0 Å². The Morgan fingerprint density at radius 3 is 2.60 bits per heavy atom. The van der Waals surface area contributed by atoms with E-state index in [1.54, 1.807) is 0 Å². The summed E-state index contributed by atoms with van der Waals surface area (Å²) in [6.45, 7) is 11.0. The molecule has 2 atom stereocenters. The van der Waals surface area contributed by atoms with Gasteiger partial charge in [-0.15, -0.1) is 0 Å². The van der Waals surface area contributed by atoms with Gasteiger partial charge in [0.25, 0.3) is 0 Å². The molecule has 2 rings (SSSR count). The van der Waals surface area contributed by atoms with Crippen LogP contribution in [0, 0.1) is 0 Å². The fourth-order valence-electron chi connectivity index (χ4n) is 2.71. The van der Waals surface area contributed by atoms with Gasteiger partial charge in [-0.3, -0.25) is 4.90 Å². The van der Waals surface area contributed by atoms with Gasteiger partial charge in [-0.25, -0.2) is 0 Å². The molecule has 82 valence electrons. The van der Waals surface area contributed by atoms with E-state index < -0.39 is 0 Å². The van der Waals surface area contributed by atoms with E-state index in [0.717, 1.165) is 18.6 Å². The molecule has 0 aromatic carbocycles. The molecule has 2 bridgehead atoms. The summed E-state index contributed by atoms with van der Waals surface area (Å²) >= 11 is 0. The minimum absolute atomic E-state index is 0.758. The van der Waals surface area contributed by atoms with Gasteiger partial charge in [-0.1, -0.05) is 31.4 Å². The highest BCUT2D eigenvalue weighted by atomic mass is 15.3. The lowest BCUT2D eigenvalue weighted by molar-refractivity contribution is 0.160. The van der Waals surface area contributed by atoms with Crippen LogP contribution < -0.4 is 0 Å². The Morgan fingerprint density at radius 1 is 1.33 bits per heavy atom. The predicted octanol–water partition coefficient (Wildman–Crippen LogP) is 1.67. The SMILES string of the molecule is C=C/C=C(\C=C)CN1CC2C[C@H]1CN2C. The molecule has 2 saturated heterocycles. The molecule has 15 heavy (non-hydrogen) atoms. The van der Waals surface area contributed by atoms with Gasteiger partial charge in [-0.05, 0) is 19.0 Å². The van der Waals surface area contributed by atoms with Crippen LogP contribution in [0.1, 0.15) is 6.42 Å². The Hall–Kier alpha value is -0.860. The van der Waals surface area contributed by atoms with Crippen LogP contribution in [-0.2, 0) is 0 Å². The quantitative estimate of drug-likeness (QED) is 0.643. The number of likely N-dealkylation sites (N-methyl/N-ethyl adjacent to an activating group) is 1. The molecule has 2 heterocycles. The number of allylic oxidation sites excluding steroid dienone is 2. The Kier molecular flexibility index (Phi) is 3.08. The molecule has 2 nitrogen and oxygen atoms in total. The number of likely N-dealkylation sites (tertiary alicyclic amines) is 2. The van der Waals surface area contributed by atoms with Crippen LogP contribution in [-0.4, -0.2) is 48.6 Å². The van der Waals surface area contributed by atoms with Crippen LogP contribution in [0.4, 0.5) is 0 Å². The molecule has 0 aromatic heterocycles. The molecule has 2 aliphatic rings. The Balaban J connectivity index is 1.95. The molecule has 0 aliphatic carbocycles. The lowest BCUT2D eigenvalue weighted by Crippen LogP contribution is -2.44. The number of piperazine rings is 1. The van der Waals surface area contributed by atoms with Crippen LogP contribution in [0.25, 0.3) is 0 Å². The zero-order chi connectivity index (χ0) is 10.8. The number of hydrogen-bond donors (Lipinski definition) is 0. The predicted molar refractivity (Wildman–Crippen MR) is 64.9 cm³/mol. The molecule has 2 fully saturated rings. The third-order valence-corrected chi connectivity index (χ3v) is 3.61. The number of nitrogens with zero attached hydrogens (tertiary/aromatic N) is 2. The molecule has 2 heteroatoms. The Labute approximate surface area is 92.6 Å². The van der Waals surface area contributed by atoms with E-state index in [1.165, 1.54) is 25.1 Å². The van der Waals surface area contributed by atoms with Crippen molar-refractivity contribution < 1.29 is 0 Å². The smallest absolute Gasteiger partial charge is 0.0242 e. The Bertz CT molecular complexity index is 291. The van der Waals surface area contributed by atoms with Crippen molar-refractivity contribution in [2.45, 2.75) is 18.5 Å². The topological polar surface area (TPSA) is 6.48 Å². The van der Waals surface area contributed by atoms with E-state index >= 15 is 0 Å². The first-order valence-electron chi connectivity index (χ1n) is 5.63. The third kappa shape index (κ3) is 2.06. The molecule has 2 aliphatic heterocycles. The first-order chi connectivity index (χ1) is 7.24. The first-order valence-corrected chi connectivity index (χ1v) is 5.63. The highest BCUT2D eigenvalue weighted by Gasteiger charge is 2.40. The number of fused-ring (bicyclic) bond motifs is 2. The highest BCUT2D eigenvalue weighted by Crippen LogP contribution is 2.29. The van der Waals surface area contributed by atoms with Gasteiger partial charge >= 0.3 is 0 Å². The van der Waals surface area contributed by atoms with Gasteiger partial charge < -0.3 is 4.90 Å². The maximum Gasteiger partial charge on any atom is 0.0242 e. The number of rotatable bonds is 4. The van der Waals surface area contributed by atoms with Gasteiger partial charge in [-0.2, -0.15) is 0 Å². The van der Waals surface area contributed by atoms with Crippen molar-refractivity contribution in [3.63, 3.8) is 0 Å². The zero-order valence-electron chi connectivity index (χ0n) is 9.52. The fraction of sp³-hybridized carbons (Fsp3) is 0.538. The minimum atomic E-state index is 0.758. The summed E-state index contributed by atoms with van der Waals surface area (Å²) in [7, 11) is 2.23. The van der Waals surface area contributed by atoms with E-state index in [1.807, 2.05) is 12.2 Å². The first kappa shape index (κ1) is 10.7. The Morgan fingerprint density at radius 2 is 2.13 bits per heavy atom. The second kappa shape index (κ2) is 4.33. The highest BCUT2D eigenvalue weighted by molar-refractivity contribution is 5.23. The molecule has 0 saturated carbocycles. The van der Waals surface area contributed by atoms with Crippen LogP contribution >= 0.6 is 0 Å². The largest absolute Gasteiger partial charge is 0.301 e. The zero-order valence-corrected chi connectivity index (χ0v) is 9.52. The molecule has 0 radical (unpaired) electrons. The molecule has 1 unspecified atom stereocenters. The standard InChI is InChI=1S/C13H20N2/c1-4-6-11(5-2)8-15-10-12-7-13(15)9-14(12)3/h4-6,12-13H,1-2,7-10H2,3H3/b11-6+/t12?,13-/m0/s1. The maximum absolute atomic E-state index is 3.85. The molecular weight excluding hydrogens is 184 g/mol. The normalized spacial score (nSPS) is 32.2. The molecule has 0 aromatic rings. The van der Waals surface area contributed by atoms with Gasteiger partial charge in [0.2, 0.25) is 0 Å². The average Bonchev–Trinajstić information content (AvgIpc) is 2.76. The summed E-state index contributed by atoms with van der Waals surface area (Å²) in [5, 5.41) is 0. The average molecular weight is 204 g/mol. The van der Waals surface area contributed by atoms with Crippen LogP contribution in [0.2, 0.25) is 0 Å². The van der Waals surface area contributed by atoms with Crippen molar-refractivity contribution in [3.05, 3.63) is 37.0 Å².